The van der Waals surface area contributed by atoms with Crippen molar-refractivity contribution in [3.63, 3.8) is 0 Å². The summed E-state index contributed by atoms with van der Waals surface area (Å²) in [5.74, 6) is 0.848. The highest BCUT2D eigenvalue weighted by Gasteiger charge is 2.35. The zero-order valence-corrected chi connectivity index (χ0v) is 15.1. The van der Waals surface area contributed by atoms with Crippen LogP contribution >= 0.6 is 0 Å². The number of carbonyl (C=O) groups is 3. The third kappa shape index (κ3) is 4.05. The van der Waals surface area contributed by atoms with E-state index in [1.807, 2.05) is 19.1 Å². The van der Waals surface area contributed by atoms with Crippen LogP contribution in [0.2, 0.25) is 0 Å². The molecule has 0 aromatic carbocycles. The minimum atomic E-state index is -0.448. The zero-order valence-electron chi connectivity index (χ0n) is 15.1. The second kappa shape index (κ2) is 7.88. The lowest BCUT2D eigenvalue weighted by Crippen LogP contribution is -2.46. The quantitative estimate of drug-likeness (QED) is 0.713. The fraction of sp³-hybridized carbons (Fsp3) is 0.588. The van der Waals surface area contributed by atoms with Gasteiger partial charge < -0.3 is 19.4 Å². The van der Waals surface area contributed by atoms with Crippen LogP contribution in [0.4, 0.5) is 4.79 Å². The van der Waals surface area contributed by atoms with Crippen LogP contribution in [-0.4, -0.2) is 85.5 Å². The fourth-order valence-corrected chi connectivity index (χ4v) is 3.17. The molecule has 3 rings (SSSR count). The van der Waals surface area contributed by atoms with E-state index >= 15 is 0 Å². The topological polar surface area (TPSA) is 95.3 Å². The van der Waals surface area contributed by atoms with Crippen molar-refractivity contribution in [3.8, 4) is 0 Å². The smallest absolute Gasteiger partial charge is 0.327 e. The predicted molar refractivity (Wildman–Crippen MR) is 91.3 cm³/mol. The van der Waals surface area contributed by atoms with E-state index in [0.717, 1.165) is 29.5 Å². The number of hydrogen-bond acceptors (Lipinski definition) is 6. The summed E-state index contributed by atoms with van der Waals surface area (Å²) in [5.41, 5.74) is 0. The standard InChI is InChI=1S/C17H24N4O5/c1-12-3-4-14(26-12)13(20-5-7-25-8-6-20)9-18-15(22)10-21-16(23)11-19(2)17(21)24/h3-4,13H,5-11H2,1-2H3,(H,18,22)/t13-/m1/s1. The van der Waals surface area contributed by atoms with Gasteiger partial charge in [0.2, 0.25) is 5.91 Å². The van der Waals surface area contributed by atoms with Crippen LogP contribution in [0.25, 0.3) is 0 Å². The molecule has 26 heavy (non-hydrogen) atoms. The van der Waals surface area contributed by atoms with Crippen LogP contribution in [0.1, 0.15) is 17.6 Å². The van der Waals surface area contributed by atoms with Crippen LogP contribution in [0.15, 0.2) is 16.5 Å². The summed E-state index contributed by atoms with van der Waals surface area (Å²) in [5, 5.41) is 2.82. The van der Waals surface area contributed by atoms with Crippen molar-refractivity contribution >= 4 is 17.8 Å². The average molecular weight is 364 g/mol. The van der Waals surface area contributed by atoms with Crippen molar-refractivity contribution in [2.75, 3.05) is 53.0 Å². The van der Waals surface area contributed by atoms with E-state index in [2.05, 4.69) is 10.2 Å². The Morgan fingerprint density at radius 1 is 1.27 bits per heavy atom. The summed E-state index contributed by atoms with van der Waals surface area (Å²) >= 11 is 0. The number of aryl methyl sites for hydroxylation is 1. The van der Waals surface area contributed by atoms with Crippen LogP contribution in [-0.2, 0) is 14.3 Å². The lowest BCUT2D eigenvalue weighted by atomic mass is 10.1. The minimum Gasteiger partial charge on any atom is -0.465 e. The SMILES string of the molecule is Cc1ccc([C@@H](CNC(=O)CN2C(=O)CN(C)C2=O)N2CCOCC2)o1. The van der Waals surface area contributed by atoms with Gasteiger partial charge in [-0.25, -0.2) is 4.79 Å². The number of urea groups is 1. The number of nitrogens with one attached hydrogen (secondary N) is 1. The zero-order chi connectivity index (χ0) is 18.7. The molecule has 3 heterocycles. The number of ether oxygens (including phenoxy) is 1. The summed E-state index contributed by atoms with van der Waals surface area (Å²) in [7, 11) is 1.53. The Hall–Kier alpha value is -2.39. The maximum absolute atomic E-state index is 12.3. The lowest BCUT2D eigenvalue weighted by Gasteiger charge is -2.33. The molecule has 2 fully saturated rings. The number of morpholine rings is 1. The number of hydrogen-bond donors (Lipinski definition) is 1. The van der Waals surface area contributed by atoms with Crippen molar-refractivity contribution in [3.05, 3.63) is 23.7 Å². The maximum Gasteiger partial charge on any atom is 0.327 e. The fourth-order valence-electron chi connectivity index (χ4n) is 3.17. The summed E-state index contributed by atoms with van der Waals surface area (Å²) in [6.45, 7) is 4.70. The van der Waals surface area contributed by atoms with Crippen molar-refractivity contribution < 1.29 is 23.5 Å². The number of rotatable bonds is 6. The molecule has 2 aliphatic rings. The molecule has 142 valence electrons. The number of furan rings is 1. The van der Waals surface area contributed by atoms with Crippen molar-refractivity contribution in [2.24, 2.45) is 0 Å². The van der Waals surface area contributed by atoms with E-state index in [4.69, 9.17) is 9.15 Å². The van der Waals surface area contributed by atoms with Gasteiger partial charge in [-0.05, 0) is 19.1 Å². The largest absolute Gasteiger partial charge is 0.465 e. The van der Waals surface area contributed by atoms with Gasteiger partial charge in [-0.2, -0.15) is 0 Å². The van der Waals surface area contributed by atoms with Gasteiger partial charge in [0.15, 0.2) is 0 Å². The molecule has 1 aromatic rings. The third-order valence-electron chi connectivity index (χ3n) is 4.60. The monoisotopic (exact) mass is 364 g/mol. The van der Waals surface area contributed by atoms with Crippen LogP contribution < -0.4 is 5.32 Å². The Morgan fingerprint density at radius 3 is 2.58 bits per heavy atom. The summed E-state index contributed by atoms with van der Waals surface area (Å²) in [6, 6.07) is 3.23. The molecule has 0 unspecified atom stereocenters. The average Bonchev–Trinajstić information content (AvgIpc) is 3.15. The molecule has 9 heteroatoms. The number of imide groups is 1. The molecule has 1 atom stereocenters. The van der Waals surface area contributed by atoms with Gasteiger partial charge >= 0.3 is 6.03 Å². The highest BCUT2D eigenvalue weighted by molar-refractivity contribution is 6.04. The Morgan fingerprint density at radius 2 is 2.00 bits per heavy atom. The number of likely N-dealkylation sites (N-methyl/N-ethyl adjacent to an activating group) is 1. The second-order valence-corrected chi connectivity index (χ2v) is 6.54. The highest BCUT2D eigenvalue weighted by atomic mass is 16.5. The molecular weight excluding hydrogens is 340 g/mol. The first-order valence-electron chi connectivity index (χ1n) is 8.66. The summed E-state index contributed by atoms with van der Waals surface area (Å²) < 4.78 is 11.1. The van der Waals surface area contributed by atoms with E-state index < -0.39 is 6.03 Å². The first kappa shape index (κ1) is 18.4. The summed E-state index contributed by atoms with van der Waals surface area (Å²) in [4.78, 5) is 40.4. The summed E-state index contributed by atoms with van der Waals surface area (Å²) in [6.07, 6.45) is 0. The normalized spacial score (nSPS) is 19.9. The first-order valence-corrected chi connectivity index (χ1v) is 8.66. The van der Waals surface area contributed by atoms with Gasteiger partial charge in [0.1, 0.15) is 24.6 Å². The predicted octanol–water partition coefficient (Wildman–Crippen LogP) is -0.0285. The molecule has 2 aliphatic heterocycles. The molecule has 1 N–H and O–H groups in total. The Labute approximate surface area is 151 Å². The highest BCUT2D eigenvalue weighted by Crippen LogP contribution is 2.23. The van der Waals surface area contributed by atoms with E-state index in [0.29, 0.717) is 19.8 Å². The van der Waals surface area contributed by atoms with Crippen molar-refractivity contribution in [2.45, 2.75) is 13.0 Å². The van der Waals surface area contributed by atoms with Gasteiger partial charge in [0.25, 0.3) is 5.91 Å². The molecule has 0 bridgehead atoms. The van der Waals surface area contributed by atoms with Gasteiger partial charge in [-0.3, -0.25) is 19.4 Å². The Kier molecular flexibility index (Phi) is 5.58. The van der Waals surface area contributed by atoms with Crippen molar-refractivity contribution in [1.29, 1.82) is 0 Å². The van der Waals surface area contributed by atoms with Crippen LogP contribution in [0, 0.1) is 6.92 Å². The molecule has 0 aliphatic carbocycles. The third-order valence-corrected chi connectivity index (χ3v) is 4.60. The van der Waals surface area contributed by atoms with E-state index in [-0.39, 0.29) is 30.9 Å². The van der Waals surface area contributed by atoms with E-state index in [1.54, 1.807) is 0 Å². The van der Waals surface area contributed by atoms with Gasteiger partial charge in [0, 0.05) is 26.7 Å². The van der Waals surface area contributed by atoms with Gasteiger partial charge in [-0.15, -0.1) is 0 Å². The molecule has 9 nitrogen and oxygen atoms in total. The number of amides is 4. The molecular formula is C17H24N4O5. The lowest BCUT2D eigenvalue weighted by molar-refractivity contribution is -0.130. The van der Waals surface area contributed by atoms with Crippen LogP contribution in [0.5, 0.6) is 0 Å². The molecule has 2 saturated heterocycles. The Balaban J connectivity index is 1.61. The number of nitrogens with zero attached hydrogens (tertiary/aromatic N) is 3. The molecule has 0 radical (unpaired) electrons. The van der Waals surface area contributed by atoms with Crippen LogP contribution in [0.3, 0.4) is 0 Å². The van der Waals surface area contributed by atoms with E-state index in [9.17, 15) is 14.4 Å². The van der Waals surface area contributed by atoms with Gasteiger partial charge in [0.05, 0.1) is 19.3 Å². The molecule has 0 saturated carbocycles. The maximum atomic E-state index is 12.3. The molecule has 0 spiro atoms. The van der Waals surface area contributed by atoms with E-state index in [1.165, 1.54) is 11.9 Å². The molecule has 1 aromatic heterocycles. The number of carbonyl (C=O) groups excluding carboxylic acids is 3. The second-order valence-electron chi connectivity index (χ2n) is 6.54. The minimum absolute atomic E-state index is 0.00812. The molecule has 4 amide bonds. The first-order chi connectivity index (χ1) is 12.5. The Bertz CT molecular complexity index is 682. The van der Waals surface area contributed by atoms with Gasteiger partial charge in [-0.1, -0.05) is 0 Å². The van der Waals surface area contributed by atoms with Crippen molar-refractivity contribution in [1.82, 2.24) is 20.0 Å².